The van der Waals surface area contributed by atoms with Crippen molar-refractivity contribution in [1.82, 2.24) is 9.97 Å². The van der Waals surface area contributed by atoms with Gasteiger partial charge in [0.25, 0.3) is 0 Å². The van der Waals surface area contributed by atoms with E-state index in [1.165, 1.54) is 0 Å². The highest BCUT2D eigenvalue weighted by molar-refractivity contribution is 8.09. The third-order valence-corrected chi connectivity index (χ3v) is 8.04. The Balaban J connectivity index is 1.47. The van der Waals surface area contributed by atoms with Crippen molar-refractivity contribution < 1.29 is 25.2 Å². The van der Waals surface area contributed by atoms with Gasteiger partial charge in [-0.2, -0.15) is 0 Å². The summed E-state index contributed by atoms with van der Waals surface area (Å²) in [5, 5.41) is 40.2. The zero-order valence-electron chi connectivity index (χ0n) is 17.0. The molecule has 1 fully saturated rings. The molecule has 7 nitrogen and oxygen atoms in total. The Morgan fingerprint density at radius 1 is 1.10 bits per heavy atom. The van der Waals surface area contributed by atoms with Gasteiger partial charge in [0.1, 0.15) is 30.5 Å². The van der Waals surface area contributed by atoms with Gasteiger partial charge in [-0.15, -0.1) is 23.4 Å². The lowest BCUT2D eigenvalue weighted by Gasteiger charge is -2.41. The summed E-state index contributed by atoms with van der Waals surface area (Å²) in [4.78, 5) is 9.75. The molecule has 0 amide bonds. The van der Waals surface area contributed by atoms with E-state index in [1.807, 2.05) is 12.2 Å². The molecule has 1 aromatic heterocycles. The number of nitrogens with zero attached hydrogens (tertiary/aromatic N) is 2. The van der Waals surface area contributed by atoms with Crippen molar-refractivity contribution in [3.05, 3.63) is 54.2 Å². The highest BCUT2D eigenvalue weighted by Crippen LogP contribution is 2.45. The predicted octanol–water partition coefficient (Wildman–Crippen LogP) is 1.52. The average molecular weight is 467 g/mol. The Bertz CT molecular complexity index is 865. The SMILES string of the molecule is CC1C=C(c2ncccn2)SC1CC1C=C(C2OC(CO)[C@@H](O)C(O)[C@H]2O)C=CC1Cl. The first-order chi connectivity index (χ1) is 14.9. The molecule has 4 N–H and O–H groups in total. The lowest BCUT2D eigenvalue weighted by molar-refractivity contribution is -0.218. The molecule has 9 atom stereocenters. The highest BCUT2D eigenvalue weighted by atomic mass is 35.5. The minimum absolute atomic E-state index is 0.00146. The van der Waals surface area contributed by atoms with E-state index in [1.54, 1.807) is 36.3 Å². The quantitative estimate of drug-likeness (QED) is 0.483. The summed E-state index contributed by atoms with van der Waals surface area (Å²) in [7, 11) is 0. The number of aromatic nitrogens is 2. The predicted molar refractivity (Wildman–Crippen MR) is 119 cm³/mol. The maximum Gasteiger partial charge on any atom is 0.165 e. The number of thioether (sulfide) groups is 1. The summed E-state index contributed by atoms with van der Waals surface area (Å²) >= 11 is 8.34. The molecule has 31 heavy (non-hydrogen) atoms. The Labute approximate surface area is 190 Å². The van der Waals surface area contributed by atoms with Crippen LogP contribution in [-0.2, 0) is 4.74 Å². The van der Waals surface area contributed by atoms with Gasteiger partial charge in [-0.25, -0.2) is 9.97 Å². The summed E-state index contributed by atoms with van der Waals surface area (Å²) in [5.41, 5.74) is 0.689. The Hall–Kier alpha value is -1.26. The zero-order valence-corrected chi connectivity index (χ0v) is 18.6. The molecule has 7 unspecified atom stereocenters. The van der Waals surface area contributed by atoms with Crippen LogP contribution in [0.5, 0.6) is 0 Å². The second-order valence-electron chi connectivity index (χ2n) is 8.24. The lowest BCUT2D eigenvalue weighted by atomic mass is 9.84. The summed E-state index contributed by atoms with van der Waals surface area (Å²) in [6, 6.07) is 1.79. The van der Waals surface area contributed by atoms with E-state index in [9.17, 15) is 20.4 Å². The number of halogens is 1. The van der Waals surface area contributed by atoms with E-state index in [0.29, 0.717) is 16.7 Å². The van der Waals surface area contributed by atoms with Gasteiger partial charge in [-0.05, 0) is 29.9 Å². The number of allylic oxidation sites excluding steroid dienone is 3. The van der Waals surface area contributed by atoms with Gasteiger partial charge in [-0.3, -0.25) is 0 Å². The largest absolute Gasteiger partial charge is 0.394 e. The fourth-order valence-electron chi connectivity index (χ4n) is 4.25. The van der Waals surface area contributed by atoms with Crippen LogP contribution in [0.2, 0.25) is 0 Å². The van der Waals surface area contributed by atoms with Crippen molar-refractivity contribution >= 4 is 28.3 Å². The van der Waals surface area contributed by atoms with Crippen LogP contribution in [0.3, 0.4) is 0 Å². The van der Waals surface area contributed by atoms with E-state index in [4.69, 9.17) is 16.3 Å². The molecule has 0 aromatic carbocycles. The van der Waals surface area contributed by atoms with Crippen molar-refractivity contribution in [2.45, 2.75) is 54.5 Å². The van der Waals surface area contributed by atoms with E-state index >= 15 is 0 Å². The number of aliphatic hydroxyl groups excluding tert-OH is 4. The van der Waals surface area contributed by atoms with Gasteiger partial charge < -0.3 is 25.2 Å². The Morgan fingerprint density at radius 3 is 2.55 bits per heavy atom. The fraction of sp³-hybridized carbons (Fsp3) is 0.545. The van der Waals surface area contributed by atoms with Gasteiger partial charge in [0, 0.05) is 22.5 Å². The van der Waals surface area contributed by atoms with Crippen LogP contribution in [0.15, 0.2) is 48.3 Å². The van der Waals surface area contributed by atoms with Crippen molar-refractivity contribution in [2.75, 3.05) is 6.61 Å². The number of rotatable bonds is 5. The van der Waals surface area contributed by atoms with Crippen LogP contribution >= 0.6 is 23.4 Å². The van der Waals surface area contributed by atoms with Gasteiger partial charge in [-0.1, -0.05) is 31.2 Å². The van der Waals surface area contributed by atoms with Gasteiger partial charge >= 0.3 is 0 Å². The van der Waals surface area contributed by atoms with E-state index in [0.717, 1.165) is 17.2 Å². The second kappa shape index (κ2) is 9.70. The molecule has 168 valence electrons. The number of aliphatic hydroxyl groups is 4. The average Bonchev–Trinajstić information content (AvgIpc) is 3.15. The lowest BCUT2D eigenvalue weighted by Crippen LogP contribution is -2.58. The van der Waals surface area contributed by atoms with E-state index < -0.39 is 37.1 Å². The molecular formula is C22H27ClN2O5S. The second-order valence-corrected chi connectivity index (χ2v) is 10.0. The smallest absolute Gasteiger partial charge is 0.165 e. The molecule has 3 aliphatic rings. The topological polar surface area (TPSA) is 116 Å². The molecule has 9 heteroatoms. The highest BCUT2D eigenvalue weighted by Gasteiger charge is 2.45. The standard InChI is InChI=1S/C22H27ClN2O5S/c1-11-7-17(22-24-5-2-6-25-22)31-16(11)9-13-8-12(3-4-14(13)23)21-20(29)19(28)18(27)15(10-26)30-21/h2-8,11,13-16,18-21,26-29H,9-10H2,1H3/t11?,13?,14?,15?,16?,18-,19?,20-,21?/m1/s1. The first-order valence-corrected chi connectivity index (χ1v) is 11.7. The minimum Gasteiger partial charge on any atom is -0.394 e. The van der Waals surface area contributed by atoms with Crippen LogP contribution in [0.4, 0.5) is 0 Å². The maximum absolute atomic E-state index is 10.5. The normalized spacial score (nSPS) is 40.5. The number of ether oxygens (including phenoxy) is 1. The number of hydrogen-bond acceptors (Lipinski definition) is 8. The van der Waals surface area contributed by atoms with E-state index in [-0.39, 0.29) is 11.3 Å². The molecule has 2 aliphatic heterocycles. The fourth-order valence-corrected chi connectivity index (χ4v) is 5.94. The third-order valence-electron chi connectivity index (χ3n) is 6.08. The molecule has 0 bridgehead atoms. The molecule has 1 aliphatic carbocycles. The molecule has 0 spiro atoms. The zero-order chi connectivity index (χ0) is 22.1. The first-order valence-electron chi connectivity index (χ1n) is 10.4. The molecule has 0 radical (unpaired) electrons. The van der Waals surface area contributed by atoms with Gasteiger partial charge in [0.15, 0.2) is 5.82 Å². The molecule has 3 heterocycles. The van der Waals surface area contributed by atoms with Crippen LogP contribution < -0.4 is 0 Å². The molecule has 0 saturated carbocycles. The van der Waals surface area contributed by atoms with Gasteiger partial charge in [0.05, 0.1) is 12.0 Å². The Kier molecular flexibility index (Phi) is 7.17. The van der Waals surface area contributed by atoms with Crippen molar-refractivity contribution in [1.29, 1.82) is 0 Å². The molecule has 1 aromatic rings. The molecule has 4 rings (SSSR count). The van der Waals surface area contributed by atoms with Crippen molar-refractivity contribution in [2.24, 2.45) is 11.8 Å². The molecule has 1 saturated heterocycles. The summed E-state index contributed by atoms with van der Waals surface area (Å²) < 4.78 is 5.71. The van der Waals surface area contributed by atoms with Crippen LogP contribution in [0, 0.1) is 11.8 Å². The monoisotopic (exact) mass is 466 g/mol. The first kappa shape index (κ1) is 22.9. The van der Waals surface area contributed by atoms with Crippen LogP contribution in [-0.4, -0.2) is 78.1 Å². The third kappa shape index (κ3) is 4.75. The van der Waals surface area contributed by atoms with Crippen molar-refractivity contribution in [3.8, 4) is 0 Å². The summed E-state index contributed by atoms with van der Waals surface area (Å²) in [6.07, 6.45) is 6.23. The summed E-state index contributed by atoms with van der Waals surface area (Å²) in [6.45, 7) is 1.71. The number of alkyl halides is 1. The maximum atomic E-state index is 10.5. The number of hydrogen-bond donors (Lipinski definition) is 4. The van der Waals surface area contributed by atoms with Gasteiger partial charge in [0.2, 0.25) is 0 Å². The minimum atomic E-state index is -1.40. The summed E-state index contributed by atoms with van der Waals surface area (Å²) in [5.74, 6) is 1.05. The molecular weight excluding hydrogens is 440 g/mol. The Morgan fingerprint density at radius 2 is 1.84 bits per heavy atom. The van der Waals surface area contributed by atoms with Crippen molar-refractivity contribution in [3.63, 3.8) is 0 Å². The van der Waals surface area contributed by atoms with Crippen LogP contribution in [0.25, 0.3) is 4.91 Å². The van der Waals surface area contributed by atoms with E-state index in [2.05, 4.69) is 23.0 Å². The van der Waals surface area contributed by atoms with Crippen LogP contribution in [0.1, 0.15) is 19.2 Å².